The number of carbonyl (C=O) groups is 1. The number of nitriles is 1. The molecule has 6 nitrogen and oxygen atoms in total. The van der Waals surface area contributed by atoms with Crippen LogP contribution in [0.3, 0.4) is 0 Å². The van der Waals surface area contributed by atoms with Crippen LogP contribution in [0.4, 0.5) is 26.3 Å². The molecule has 12 heteroatoms. The van der Waals surface area contributed by atoms with E-state index in [4.69, 9.17) is 9.47 Å². The molecule has 0 aliphatic carbocycles. The van der Waals surface area contributed by atoms with Crippen molar-refractivity contribution < 1.29 is 40.6 Å². The standard InChI is InChI=1S/C21H17F6N3O3/c1-11(20(22,23)24)33-16-6-3-12(7-28)18(32-2)17(16)19(31)30-9-13(10-30)15-5-4-14(8-29-15)21(25,26)27/h3-6,8,11,13H,9-10H2,1-2H3/t11-/m0/s1. The molecule has 1 aromatic heterocycles. The Morgan fingerprint density at radius 2 is 1.85 bits per heavy atom. The summed E-state index contributed by atoms with van der Waals surface area (Å²) in [5.41, 5.74) is -0.982. The predicted octanol–water partition coefficient (Wildman–Crippen LogP) is 4.55. The van der Waals surface area contributed by atoms with Gasteiger partial charge >= 0.3 is 12.4 Å². The summed E-state index contributed by atoms with van der Waals surface area (Å²) in [6, 6.07) is 6.17. The minimum absolute atomic E-state index is 0.0609. The normalized spacial score (nSPS) is 15.4. The molecule has 1 aromatic carbocycles. The number of ether oxygens (including phenoxy) is 2. The molecule has 2 heterocycles. The van der Waals surface area contributed by atoms with Crippen molar-refractivity contribution in [1.29, 1.82) is 5.26 Å². The molecule has 1 aliphatic heterocycles. The summed E-state index contributed by atoms with van der Waals surface area (Å²) in [6.45, 7) is 0.895. The van der Waals surface area contributed by atoms with Crippen LogP contribution in [-0.2, 0) is 6.18 Å². The number of amides is 1. The summed E-state index contributed by atoms with van der Waals surface area (Å²) in [6.07, 6.45) is -10.8. The first kappa shape index (κ1) is 24.2. The Morgan fingerprint density at radius 1 is 1.18 bits per heavy atom. The third-order valence-corrected chi connectivity index (χ3v) is 5.12. The molecule has 0 unspecified atom stereocenters. The highest BCUT2D eigenvalue weighted by Gasteiger charge is 2.41. The van der Waals surface area contributed by atoms with Crippen molar-refractivity contribution in [2.45, 2.75) is 31.3 Å². The minimum atomic E-state index is -4.70. The second-order valence-electron chi connectivity index (χ2n) is 7.31. The fraction of sp³-hybridized carbons (Fsp3) is 0.381. The van der Waals surface area contributed by atoms with Crippen LogP contribution >= 0.6 is 0 Å². The van der Waals surface area contributed by atoms with E-state index in [0.717, 1.165) is 26.2 Å². The number of methoxy groups -OCH3 is 1. The Morgan fingerprint density at radius 3 is 2.33 bits per heavy atom. The number of rotatable bonds is 5. The van der Waals surface area contributed by atoms with E-state index in [9.17, 15) is 36.4 Å². The number of alkyl halides is 6. The van der Waals surface area contributed by atoms with Gasteiger partial charge in [0.15, 0.2) is 11.9 Å². The van der Waals surface area contributed by atoms with Crippen molar-refractivity contribution in [2.75, 3.05) is 20.2 Å². The summed E-state index contributed by atoms with van der Waals surface area (Å²) < 4.78 is 87.2. The van der Waals surface area contributed by atoms with Crippen molar-refractivity contribution in [3.63, 3.8) is 0 Å². The Hall–Kier alpha value is -3.49. The van der Waals surface area contributed by atoms with Gasteiger partial charge in [-0.1, -0.05) is 0 Å². The number of nitrogens with zero attached hydrogens (tertiary/aromatic N) is 3. The van der Waals surface area contributed by atoms with Gasteiger partial charge in [0, 0.05) is 30.9 Å². The van der Waals surface area contributed by atoms with Crippen LogP contribution in [0.5, 0.6) is 11.5 Å². The van der Waals surface area contributed by atoms with Crippen molar-refractivity contribution >= 4 is 5.91 Å². The molecular weight excluding hydrogens is 456 g/mol. The average Bonchev–Trinajstić information content (AvgIpc) is 2.71. The number of hydrogen-bond donors (Lipinski definition) is 0. The minimum Gasteiger partial charge on any atom is -0.494 e. The number of carbonyl (C=O) groups excluding carboxylic acids is 1. The zero-order valence-electron chi connectivity index (χ0n) is 17.3. The molecule has 1 atom stereocenters. The summed E-state index contributed by atoms with van der Waals surface area (Å²) in [7, 11) is 1.16. The van der Waals surface area contributed by atoms with Crippen molar-refractivity contribution in [3.05, 3.63) is 52.8 Å². The van der Waals surface area contributed by atoms with E-state index >= 15 is 0 Å². The van der Waals surface area contributed by atoms with Crippen molar-refractivity contribution in [1.82, 2.24) is 9.88 Å². The maximum Gasteiger partial charge on any atom is 0.425 e. The summed E-state index contributed by atoms with van der Waals surface area (Å²) in [5, 5.41) is 9.27. The molecule has 33 heavy (non-hydrogen) atoms. The van der Waals surface area contributed by atoms with Gasteiger partial charge in [0.05, 0.1) is 18.2 Å². The van der Waals surface area contributed by atoms with Crippen LogP contribution in [0.2, 0.25) is 0 Å². The predicted molar refractivity (Wildman–Crippen MR) is 102 cm³/mol. The van der Waals surface area contributed by atoms with E-state index in [1.807, 2.05) is 0 Å². The lowest BCUT2D eigenvalue weighted by Crippen LogP contribution is -2.49. The largest absolute Gasteiger partial charge is 0.494 e. The molecule has 0 saturated carbocycles. The monoisotopic (exact) mass is 473 g/mol. The molecule has 3 rings (SSSR count). The first-order valence-electron chi connectivity index (χ1n) is 9.53. The fourth-order valence-corrected chi connectivity index (χ4v) is 3.23. The van der Waals surface area contributed by atoms with Gasteiger partial charge in [-0.25, -0.2) is 0 Å². The molecule has 176 valence electrons. The quantitative estimate of drug-likeness (QED) is 0.596. The topological polar surface area (TPSA) is 75.5 Å². The molecule has 2 aromatic rings. The van der Waals surface area contributed by atoms with Crippen molar-refractivity contribution in [2.24, 2.45) is 0 Å². The summed E-state index contributed by atoms with van der Waals surface area (Å²) in [5.74, 6) is -1.74. The molecule has 0 bridgehead atoms. The third kappa shape index (κ3) is 4.97. The number of aromatic nitrogens is 1. The molecule has 1 amide bonds. The van der Waals surface area contributed by atoms with E-state index in [-0.39, 0.29) is 35.9 Å². The van der Waals surface area contributed by atoms with Crippen LogP contribution in [-0.4, -0.2) is 48.3 Å². The SMILES string of the molecule is COc1c(C#N)ccc(O[C@@H](C)C(F)(F)F)c1C(=O)N1CC(c2ccc(C(F)(F)F)cn2)C1. The van der Waals surface area contributed by atoms with Gasteiger partial charge in [-0.05, 0) is 31.2 Å². The Labute approximate surface area is 184 Å². The van der Waals surface area contributed by atoms with E-state index in [1.54, 1.807) is 6.07 Å². The van der Waals surface area contributed by atoms with Crippen LogP contribution in [0, 0.1) is 11.3 Å². The molecular formula is C21H17F6N3O3. The molecule has 1 fully saturated rings. The van der Waals surface area contributed by atoms with E-state index in [0.29, 0.717) is 11.9 Å². The third-order valence-electron chi connectivity index (χ3n) is 5.12. The van der Waals surface area contributed by atoms with Gasteiger partial charge in [-0.15, -0.1) is 0 Å². The summed E-state index contributed by atoms with van der Waals surface area (Å²) >= 11 is 0. The highest BCUT2D eigenvalue weighted by Crippen LogP contribution is 2.38. The molecule has 1 aliphatic rings. The van der Waals surface area contributed by atoms with Gasteiger partial charge in [0.2, 0.25) is 0 Å². The highest BCUT2D eigenvalue weighted by molar-refractivity contribution is 6.01. The molecule has 0 radical (unpaired) electrons. The van der Waals surface area contributed by atoms with Crippen LogP contribution in [0.25, 0.3) is 0 Å². The molecule has 1 saturated heterocycles. The van der Waals surface area contributed by atoms with E-state index < -0.39 is 35.7 Å². The van der Waals surface area contributed by atoms with Gasteiger partial charge in [0.25, 0.3) is 5.91 Å². The van der Waals surface area contributed by atoms with E-state index in [2.05, 4.69) is 4.98 Å². The Balaban J connectivity index is 1.84. The molecule has 0 spiro atoms. The first-order valence-corrected chi connectivity index (χ1v) is 9.53. The second-order valence-corrected chi connectivity index (χ2v) is 7.31. The zero-order valence-corrected chi connectivity index (χ0v) is 17.3. The van der Waals surface area contributed by atoms with Gasteiger partial charge in [0.1, 0.15) is 17.4 Å². The smallest absolute Gasteiger partial charge is 0.425 e. The number of likely N-dealkylation sites (tertiary alicyclic amines) is 1. The number of benzene rings is 1. The first-order chi connectivity index (χ1) is 15.4. The summed E-state index contributed by atoms with van der Waals surface area (Å²) in [4.78, 5) is 18.2. The Kier molecular flexibility index (Phi) is 6.44. The number of pyridine rings is 1. The van der Waals surface area contributed by atoms with Crippen LogP contribution in [0.15, 0.2) is 30.5 Å². The lowest BCUT2D eigenvalue weighted by molar-refractivity contribution is -0.189. The van der Waals surface area contributed by atoms with Gasteiger partial charge in [-0.3, -0.25) is 9.78 Å². The lowest BCUT2D eigenvalue weighted by atomic mass is 9.93. The van der Waals surface area contributed by atoms with E-state index in [1.165, 1.54) is 17.0 Å². The highest BCUT2D eigenvalue weighted by atomic mass is 19.4. The second kappa shape index (κ2) is 8.80. The lowest BCUT2D eigenvalue weighted by Gasteiger charge is -2.39. The van der Waals surface area contributed by atoms with Crippen LogP contribution in [0.1, 0.15) is 40.0 Å². The maximum atomic E-state index is 13.1. The van der Waals surface area contributed by atoms with Gasteiger partial charge in [-0.2, -0.15) is 31.6 Å². The van der Waals surface area contributed by atoms with Crippen LogP contribution < -0.4 is 9.47 Å². The Bertz CT molecular complexity index is 1070. The maximum absolute atomic E-state index is 13.1. The number of halogens is 6. The fourth-order valence-electron chi connectivity index (χ4n) is 3.23. The van der Waals surface area contributed by atoms with Crippen molar-refractivity contribution in [3.8, 4) is 17.6 Å². The number of hydrogen-bond acceptors (Lipinski definition) is 5. The average molecular weight is 473 g/mol. The zero-order chi connectivity index (χ0) is 24.6. The molecule has 0 N–H and O–H groups in total. The van der Waals surface area contributed by atoms with Gasteiger partial charge < -0.3 is 14.4 Å².